The first kappa shape index (κ1) is 15.4. The molecule has 1 N–H and O–H groups in total. The van der Waals surface area contributed by atoms with Gasteiger partial charge in [0.25, 0.3) is 0 Å². The summed E-state index contributed by atoms with van der Waals surface area (Å²) < 4.78 is 28.8. The van der Waals surface area contributed by atoms with Crippen molar-refractivity contribution in [1.82, 2.24) is 4.72 Å². The van der Waals surface area contributed by atoms with Gasteiger partial charge in [-0.1, -0.05) is 36.8 Å². The van der Waals surface area contributed by atoms with Crippen LogP contribution in [-0.4, -0.2) is 14.5 Å². The standard InChI is InChI=1S/C18H21NO2S2/c20-23(21,17-9-4-10-22-17)19-18-15-7-3-8-16(18)12-14-6-2-1-5-13(14)11-15/h1-2,4-6,9-10,15-16,18-19H,3,7-8,11-12H2. The van der Waals surface area contributed by atoms with Crippen LogP contribution in [0.25, 0.3) is 0 Å². The summed E-state index contributed by atoms with van der Waals surface area (Å²) in [7, 11) is -3.39. The number of sulfonamides is 1. The van der Waals surface area contributed by atoms with Crippen LogP contribution in [0.4, 0.5) is 0 Å². The van der Waals surface area contributed by atoms with Crippen molar-refractivity contribution in [3.05, 3.63) is 52.9 Å². The Hall–Kier alpha value is -1.17. The molecule has 0 saturated heterocycles. The van der Waals surface area contributed by atoms with Gasteiger partial charge in [0.1, 0.15) is 4.21 Å². The molecule has 2 unspecified atom stereocenters. The maximum absolute atomic E-state index is 12.7. The van der Waals surface area contributed by atoms with Gasteiger partial charge in [0.05, 0.1) is 0 Å². The lowest BCUT2D eigenvalue weighted by molar-refractivity contribution is 0.211. The molecule has 0 amide bonds. The summed E-state index contributed by atoms with van der Waals surface area (Å²) in [6.45, 7) is 0. The third-order valence-electron chi connectivity index (χ3n) is 5.30. The van der Waals surface area contributed by atoms with Gasteiger partial charge in [-0.25, -0.2) is 13.1 Å². The number of hydrogen-bond acceptors (Lipinski definition) is 3. The van der Waals surface area contributed by atoms with E-state index in [0.717, 1.165) is 25.7 Å². The smallest absolute Gasteiger partial charge is 0.207 e. The molecule has 1 heterocycles. The Morgan fingerprint density at radius 1 is 0.957 bits per heavy atom. The van der Waals surface area contributed by atoms with Gasteiger partial charge >= 0.3 is 0 Å². The molecular weight excluding hydrogens is 326 g/mol. The molecule has 0 spiro atoms. The van der Waals surface area contributed by atoms with Crippen LogP contribution in [0, 0.1) is 11.8 Å². The fourth-order valence-corrected chi connectivity index (χ4v) is 6.59. The molecule has 2 bridgehead atoms. The molecule has 3 nitrogen and oxygen atoms in total. The Bertz CT molecular complexity index is 750. The minimum atomic E-state index is -3.39. The average Bonchev–Trinajstić information content (AvgIpc) is 3.05. The summed E-state index contributed by atoms with van der Waals surface area (Å²) in [5, 5.41) is 1.82. The molecule has 1 saturated carbocycles. The second kappa shape index (κ2) is 6.04. The molecule has 1 fully saturated rings. The van der Waals surface area contributed by atoms with Crippen LogP contribution < -0.4 is 4.72 Å². The van der Waals surface area contributed by atoms with E-state index in [1.807, 2.05) is 5.38 Å². The van der Waals surface area contributed by atoms with Gasteiger partial charge in [-0.15, -0.1) is 11.3 Å². The molecule has 0 aliphatic heterocycles. The Morgan fingerprint density at radius 2 is 1.61 bits per heavy atom. The Labute approximate surface area is 141 Å². The SMILES string of the molecule is O=S(=O)(NC1C2CCCC1Cc1ccccc1C2)c1cccs1. The first-order valence-corrected chi connectivity index (χ1v) is 10.6. The van der Waals surface area contributed by atoms with E-state index in [1.54, 1.807) is 12.1 Å². The topological polar surface area (TPSA) is 46.2 Å². The van der Waals surface area contributed by atoms with Crippen molar-refractivity contribution in [2.75, 3.05) is 0 Å². The highest BCUT2D eigenvalue weighted by molar-refractivity contribution is 7.91. The maximum Gasteiger partial charge on any atom is 0.250 e. The van der Waals surface area contributed by atoms with E-state index in [2.05, 4.69) is 29.0 Å². The van der Waals surface area contributed by atoms with Crippen molar-refractivity contribution in [2.24, 2.45) is 11.8 Å². The van der Waals surface area contributed by atoms with Gasteiger partial charge in [0.2, 0.25) is 10.0 Å². The van der Waals surface area contributed by atoms with Crippen LogP contribution in [0.1, 0.15) is 30.4 Å². The molecule has 2 atom stereocenters. The number of benzene rings is 1. The lowest BCUT2D eigenvalue weighted by Crippen LogP contribution is -2.47. The number of rotatable bonds is 3. The van der Waals surface area contributed by atoms with E-state index in [1.165, 1.54) is 28.9 Å². The summed E-state index contributed by atoms with van der Waals surface area (Å²) in [5.41, 5.74) is 2.81. The zero-order chi connectivity index (χ0) is 15.9. The summed E-state index contributed by atoms with van der Waals surface area (Å²) in [4.78, 5) is 0. The third kappa shape index (κ3) is 2.97. The fourth-order valence-electron chi connectivity index (χ4n) is 4.21. The van der Waals surface area contributed by atoms with Crippen molar-refractivity contribution in [1.29, 1.82) is 0 Å². The van der Waals surface area contributed by atoms with Crippen molar-refractivity contribution < 1.29 is 8.42 Å². The first-order valence-electron chi connectivity index (χ1n) is 8.26. The molecule has 4 rings (SSSR count). The van der Waals surface area contributed by atoms with Crippen molar-refractivity contribution >= 4 is 21.4 Å². The van der Waals surface area contributed by atoms with Crippen LogP contribution in [0.5, 0.6) is 0 Å². The van der Waals surface area contributed by atoms with Gasteiger partial charge in [-0.05, 0) is 60.1 Å². The van der Waals surface area contributed by atoms with Crippen molar-refractivity contribution in [3.8, 4) is 0 Å². The molecule has 23 heavy (non-hydrogen) atoms. The minimum Gasteiger partial charge on any atom is -0.207 e. The van der Waals surface area contributed by atoms with E-state index < -0.39 is 10.0 Å². The third-order valence-corrected chi connectivity index (χ3v) is 8.16. The van der Waals surface area contributed by atoms with Gasteiger partial charge in [-0.2, -0.15) is 0 Å². The zero-order valence-corrected chi connectivity index (χ0v) is 14.6. The highest BCUT2D eigenvalue weighted by Crippen LogP contribution is 2.39. The molecular formula is C18H21NO2S2. The van der Waals surface area contributed by atoms with Gasteiger partial charge < -0.3 is 0 Å². The van der Waals surface area contributed by atoms with Crippen molar-refractivity contribution in [3.63, 3.8) is 0 Å². The van der Waals surface area contributed by atoms with E-state index >= 15 is 0 Å². The number of thiophene rings is 1. The lowest BCUT2D eigenvalue weighted by atomic mass is 9.76. The van der Waals surface area contributed by atoms with Gasteiger partial charge in [0, 0.05) is 6.04 Å². The molecule has 0 radical (unpaired) electrons. The van der Waals surface area contributed by atoms with E-state index in [0.29, 0.717) is 16.0 Å². The molecule has 2 aliphatic rings. The first-order chi connectivity index (χ1) is 11.1. The second-order valence-corrected chi connectivity index (χ2v) is 9.60. The van der Waals surface area contributed by atoms with E-state index in [9.17, 15) is 8.42 Å². The molecule has 122 valence electrons. The molecule has 2 aliphatic carbocycles. The Balaban J connectivity index is 1.65. The second-order valence-electron chi connectivity index (χ2n) is 6.71. The highest BCUT2D eigenvalue weighted by Gasteiger charge is 2.38. The monoisotopic (exact) mass is 347 g/mol. The van der Waals surface area contributed by atoms with Gasteiger partial charge in [-0.3, -0.25) is 0 Å². The van der Waals surface area contributed by atoms with E-state index in [4.69, 9.17) is 0 Å². The number of nitrogens with one attached hydrogen (secondary N) is 1. The molecule has 5 heteroatoms. The number of fused-ring (bicyclic) bond motifs is 3. The summed E-state index contributed by atoms with van der Waals surface area (Å²) in [6.07, 6.45) is 5.42. The molecule has 1 aromatic carbocycles. The van der Waals surface area contributed by atoms with Crippen molar-refractivity contribution in [2.45, 2.75) is 42.4 Å². The minimum absolute atomic E-state index is 0.0586. The van der Waals surface area contributed by atoms with Crippen LogP contribution in [0.3, 0.4) is 0 Å². The Kier molecular flexibility index (Phi) is 4.03. The van der Waals surface area contributed by atoms with Crippen LogP contribution in [-0.2, 0) is 22.9 Å². The summed E-state index contributed by atoms with van der Waals surface area (Å²) in [6, 6.07) is 12.2. The molecule has 1 aromatic heterocycles. The lowest BCUT2D eigenvalue weighted by Gasteiger charge is -2.36. The van der Waals surface area contributed by atoms with Crippen LogP contribution in [0.15, 0.2) is 46.0 Å². The molecule has 2 aromatic rings. The average molecular weight is 348 g/mol. The van der Waals surface area contributed by atoms with E-state index in [-0.39, 0.29) is 6.04 Å². The number of hydrogen-bond donors (Lipinski definition) is 1. The van der Waals surface area contributed by atoms with Gasteiger partial charge in [0.15, 0.2) is 0 Å². The van der Waals surface area contributed by atoms with Crippen LogP contribution >= 0.6 is 11.3 Å². The Morgan fingerprint density at radius 3 is 2.17 bits per heavy atom. The zero-order valence-electron chi connectivity index (χ0n) is 12.9. The maximum atomic E-state index is 12.7. The fraction of sp³-hybridized carbons (Fsp3) is 0.444. The quantitative estimate of drug-likeness (QED) is 0.922. The van der Waals surface area contributed by atoms with Crippen LogP contribution in [0.2, 0.25) is 0 Å². The summed E-state index contributed by atoms with van der Waals surface area (Å²) in [5.74, 6) is 0.819. The highest BCUT2D eigenvalue weighted by atomic mass is 32.2. The normalized spacial score (nSPS) is 27.2. The predicted octanol–water partition coefficient (Wildman–Crippen LogP) is 3.61. The predicted molar refractivity (Wildman–Crippen MR) is 93.1 cm³/mol. The largest absolute Gasteiger partial charge is 0.250 e. The summed E-state index contributed by atoms with van der Waals surface area (Å²) >= 11 is 1.29.